The highest BCUT2D eigenvalue weighted by Gasteiger charge is 2.27. The SMILES string of the molecule is CS(=O)(=O)Nc1ccc(Oc2ccc3c(O)c(C(=O)NCC(=O)O)ncc3c2)cc1.NC(C(=O)O)C(=O)c1ncc2cc(Oc3ccc(NS(=O)(=O)c4ccccc4)cc3)ccc2c1O. The first-order chi connectivity index (χ1) is 30.8. The van der Waals surface area contributed by atoms with Gasteiger partial charge in [0.2, 0.25) is 15.8 Å². The fraction of sp³-hybridized carbons (Fsp3) is 0.0698. The number of sulfonamides is 2. The van der Waals surface area contributed by atoms with E-state index in [0.717, 1.165) is 6.26 Å². The smallest absolute Gasteiger partial charge is 0.328 e. The summed E-state index contributed by atoms with van der Waals surface area (Å²) in [6, 6.07) is 28.0. The Labute approximate surface area is 369 Å². The Bertz CT molecular complexity index is 3170. The quantitative estimate of drug-likeness (QED) is 0.0493. The average molecular weight is 925 g/mol. The number of Topliss-reactive ketones (excluding diaryl/α,β-unsaturated/α-hetero) is 1. The van der Waals surface area contributed by atoms with Crippen molar-refractivity contribution in [3.63, 3.8) is 0 Å². The van der Waals surface area contributed by atoms with E-state index in [4.69, 9.17) is 25.4 Å². The maximum absolute atomic E-state index is 12.4. The molecule has 0 spiro atoms. The number of aromatic hydroxyl groups is 2. The van der Waals surface area contributed by atoms with Crippen molar-refractivity contribution in [2.45, 2.75) is 10.9 Å². The number of benzene rings is 5. The zero-order valence-electron chi connectivity index (χ0n) is 33.6. The minimum Gasteiger partial charge on any atom is -0.505 e. The molecule has 0 bridgehead atoms. The molecular formula is C43H36N6O14S2. The van der Waals surface area contributed by atoms with E-state index in [1.165, 1.54) is 36.7 Å². The number of nitrogens with one attached hydrogen (secondary N) is 3. The Balaban J connectivity index is 0.000000218. The molecule has 20 nitrogen and oxygen atoms in total. The first kappa shape index (κ1) is 46.2. The molecule has 1 amide bonds. The second-order valence-corrected chi connectivity index (χ2v) is 17.1. The number of amides is 1. The first-order valence-electron chi connectivity index (χ1n) is 18.7. The lowest BCUT2D eigenvalue weighted by Gasteiger charge is -2.11. The molecule has 2 heterocycles. The molecule has 1 atom stereocenters. The number of carbonyl (C=O) groups is 4. The molecule has 65 heavy (non-hydrogen) atoms. The van der Waals surface area contributed by atoms with Crippen LogP contribution >= 0.6 is 0 Å². The molecule has 0 saturated heterocycles. The van der Waals surface area contributed by atoms with Crippen LogP contribution in [0.3, 0.4) is 0 Å². The van der Waals surface area contributed by atoms with Gasteiger partial charge in [-0.05, 0) is 97.1 Å². The monoisotopic (exact) mass is 924 g/mol. The van der Waals surface area contributed by atoms with Gasteiger partial charge in [0.25, 0.3) is 15.9 Å². The third-order valence-corrected chi connectivity index (χ3v) is 10.9. The average Bonchev–Trinajstić information content (AvgIpc) is 3.26. The number of aromatic nitrogens is 2. The van der Waals surface area contributed by atoms with Crippen LogP contribution in [0.4, 0.5) is 11.4 Å². The maximum Gasteiger partial charge on any atom is 0.328 e. The zero-order chi connectivity index (χ0) is 47.1. The van der Waals surface area contributed by atoms with Crippen LogP contribution in [0, 0.1) is 0 Å². The summed E-state index contributed by atoms with van der Waals surface area (Å²) in [6.07, 6.45) is 3.71. The lowest BCUT2D eigenvalue weighted by molar-refractivity contribution is -0.137. The molecule has 0 radical (unpaired) electrons. The molecule has 0 saturated carbocycles. The Morgan fingerprint density at radius 2 is 1.11 bits per heavy atom. The molecule has 22 heteroatoms. The van der Waals surface area contributed by atoms with Crippen molar-refractivity contribution in [2.75, 3.05) is 22.2 Å². The Kier molecular flexibility index (Phi) is 13.8. The van der Waals surface area contributed by atoms with Crippen LogP contribution < -0.4 is 30.0 Å². The van der Waals surface area contributed by atoms with Gasteiger partial charge in [0, 0.05) is 45.3 Å². The third-order valence-electron chi connectivity index (χ3n) is 8.86. The summed E-state index contributed by atoms with van der Waals surface area (Å²) in [4.78, 5) is 53.6. The van der Waals surface area contributed by atoms with Crippen LogP contribution in [0.5, 0.6) is 34.5 Å². The number of ketones is 1. The van der Waals surface area contributed by atoms with Crippen LogP contribution in [0.1, 0.15) is 21.0 Å². The van der Waals surface area contributed by atoms with Crippen molar-refractivity contribution in [1.82, 2.24) is 15.3 Å². The van der Waals surface area contributed by atoms with Crippen molar-refractivity contribution >= 4 is 76.6 Å². The largest absolute Gasteiger partial charge is 0.505 e. The molecule has 334 valence electrons. The number of pyridine rings is 2. The van der Waals surface area contributed by atoms with E-state index in [0.29, 0.717) is 50.5 Å². The zero-order valence-corrected chi connectivity index (χ0v) is 35.2. The second kappa shape index (κ2) is 19.4. The number of nitrogens with two attached hydrogens (primary N) is 1. The van der Waals surface area contributed by atoms with Crippen molar-refractivity contribution < 1.29 is 65.9 Å². The highest BCUT2D eigenvalue weighted by Crippen LogP contribution is 2.34. The van der Waals surface area contributed by atoms with E-state index >= 15 is 0 Å². The van der Waals surface area contributed by atoms with Gasteiger partial charge in [0.1, 0.15) is 29.5 Å². The van der Waals surface area contributed by atoms with E-state index in [9.17, 15) is 46.2 Å². The molecule has 9 N–H and O–H groups in total. The number of ether oxygens (including phenoxy) is 2. The standard InChI is InChI=1S/C24H19N3O7S.C19H17N3O7S/c25-20(24(30)31)23(29)21-22(28)19-11-10-17(12-14(19)13-26-21)34-16-8-6-15(7-9-16)27-35(32,33)18-4-2-1-3-5-18;1-30(27,28)22-12-2-4-13(5-3-12)29-14-6-7-15-11(8-14)9-20-17(18(15)25)19(26)21-10-16(23)24/h1-13,20,27-28H,25H2,(H,30,31);2-9,22,25H,10H2,1H3,(H,21,26)(H,23,24). The summed E-state index contributed by atoms with van der Waals surface area (Å²) >= 11 is 0. The van der Waals surface area contributed by atoms with Crippen molar-refractivity contribution in [3.05, 3.63) is 139 Å². The van der Waals surface area contributed by atoms with Gasteiger partial charge in [0.05, 0.1) is 11.2 Å². The number of hydrogen-bond donors (Lipinski definition) is 8. The summed E-state index contributed by atoms with van der Waals surface area (Å²) in [5.74, 6) is -3.74. The minimum atomic E-state index is -3.72. The van der Waals surface area contributed by atoms with E-state index in [-0.39, 0.29) is 21.7 Å². The summed E-state index contributed by atoms with van der Waals surface area (Å²) in [5.41, 5.74) is 5.36. The van der Waals surface area contributed by atoms with Gasteiger partial charge in [-0.25, -0.2) is 26.8 Å². The predicted molar refractivity (Wildman–Crippen MR) is 235 cm³/mol. The number of hydrogen-bond acceptors (Lipinski definition) is 15. The fourth-order valence-corrected chi connectivity index (χ4v) is 7.47. The van der Waals surface area contributed by atoms with Gasteiger partial charge in [-0.1, -0.05) is 18.2 Å². The molecule has 1 unspecified atom stereocenters. The topological polar surface area (TPSA) is 324 Å². The summed E-state index contributed by atoms with van der Waals surface area (Å²) in [7, 11) is -7.09. The Morgan fingerprint density at radius 3 is 1.58 bits per heavy atom. The normalized spacial score (nSPS) is 11.7. The van der Waals surface area contributed by atoms with E-state index in [2.05, 4.69) is 24.7 Å². The van der Waals surface area contributed by atoms with E-state index in [1.807, 2.05) is 0 Å². The lowest BCUT2D eigenvalue weighted by atomic mass is 10.1. The number of carbonyl (C=O) groups excluding carboxylic acids is 2. The van der Waals surface area contributed by atoms with Crippen LogP contribution in [-0.2, 0) is 29.6 Å². The van der Waals surface area contributed by atoms with Gasteiger partial charge in [-0.2, -0.15) is 0 Å². The van der Waals surface area contributed by atoms with Crippen molar-refractivity contribution in [1.29, 1.82) is 0 Å². The first-order valence-corrected chi connectivity index (χ1v) is 22.0. The maximum atomic E-state index is 12.4. The van der Waals surface area contributed by atoms with Crippen LogP contribution in [0.2, 0.25) is 0 Å². The molecule has 7 aromatic rings. The molecule has 5 aromatic carbocycles. The molecule has 0 fully saturated rings. The van der Waals surface area contributed by atoms with Gasteiger partial charge in [-0.15, -0.1) is 0 Å². The van der Waals surface area contributed by atoms with Gasteiger partial charge in [-0.3, -0.25) is 28.6 Å². The highest BCUT2D eigenvalue weighted by molar-refractivity contribution is 7.92. The molecule has 0 aliphatic carbocycles. The van der Waals surface area contributed by atoms with Gasteiger partial charge >= 0.3 is 11.9 Å². The van der Waals surface area contributed by atoms with Crippen molar-refractivity contribution in [2.24, 2.45) is 5.73 Å². The molecule has 0 aliphatic rings. The van der Waals surface area contributed by atoms with E-state index in [1.54, 1.807) is 91.0 Å². The predicted octanol–water partition coefficient (Wildman–Crippen LogP) is 5.05. The summed E-state index contributed by atoms with van der Waals surface area (Å²) in [6.45, 7) is -0.594. The number of rotatable bonds is 15. The highest BCUT2D eigenvalue weighted by atomic mass is 32.2. The Hall–Kier alpha value is -8.34. The molecule has 0 aliphatic heterocycles. The Morgan fingerprint density at radius 1 is 0.646 bits per heavy atom. The van der Waals surface area contributed by atoms with Gasteiger partial charge < -0.3 is 41.0 Å². The number of nitrogens with zero attached hydrogens (tertiary/aromatic N) is 2. The molecular weight excluding hydrogens is 889 g/mol. The fourth-order valence-electron chi connectivity index (χ4n) is 5.83. The number of carboxylic acids is 2. The van der Waals surface area contributed by atoms with Crippen molar-refractivity contribution in [3.8, 4) is 34.5 Å². The third kappa shape index (κ3) is 11.8. The molecule has 7 rings (SSSR count). The van der Waals surface area contributed by atoms with E-state index < -0.39 is 67.7 Å². The number of aliphatic carboxylic acids is 2. The number of carboxylic acid groups (broad SMARTS) is 2. The summed E-state index contributed by atoms with van der Waals surface area (Å²) in [5, 5.41) is 41.9. The number of fused-ring (bicyclic) bond motifs is 2. The minimum absolute atomic E-state index is 0.142. The summed E-state index contributed by atoms with van der Waals surface area (Å²) < 4.78 is 63.7. The second-order valence-electron chi connectivity index (χ2n) is 13.7. The van der Waals surface area contributed by atoms with Crippen LogP contribution in [0.15, 0.2) is 133 Å². The molecule has 2 aromatic heterocycles. The van der Waals surface area contributed by atoms with Crippen LogP contribution in [0.25, 0.3) is 21.5 Å². The lowest BCUT2D eigenvalue weighted by Crippen LogP contribution is -2.38. The van der Waals surface area contributed by atoms with Crippen LogP contribution in [-0.4, -0.2) is 89.7 Å². The van der Waals surface area contributed by atoms with Gasteiger partial charge in [0.15, 0.2) is 28.9 Å². The number of anilines is 2.